The predicted octanol–water partition coefficient (Wildman–Crippen LogP) is 0.657. The standard InChI is InChI=1S/C14H19N7O2/c1-9(7-23-2)19-12-11(15)13(18-8-17-12)20-21-14(22)10-3-5-16-6-4-10/h3-6,8-9H,7,15H2,1-2H3,(H,21,22)(H2,17,18,19,20). The maximum atomic E-state index is 12.0. The molecule has 0 saturated carbocycles. The summed E-state index contributed by atoms with van der Waals surface area (Å²) in [5, 5.41) is 3.11. The van der Waals surface area contributed by atoms with Crippen LogP contribution in [-0.4, -0.2) is 40.6 Å². The molecular weight excluding hydrogens is 298 g/mol. The summed E-state index contributed by atoms with van der Waals surface area (Å²) in [6.07, 6.45) is 4.42. The molecule has 2 heterocycles. The summed E-state index contributed by atoms with van der Waals surface area (Å²) in [4.78, 5) is 23.9. The van der Waals surface area contributed by atoms with Crippen molar-refractivity contribution in [2.24, 2.45) is 0 Å². The Kier molecular flexibility index (Phi) is 5.64. The molecule has 2 aromatic rings. The van der Waals surface area contributed by atoms with Crippen LogP contribution in [0.5, 0.6) is 0 Å². The third-order valence-electron chi connectivity index (χ3n) is 2.92. The van der Waals surface area contributed by atoms with Crippen molar-refractivity contribution in [3.63, 3.8) is 0 Å². The average Bonchev–Trinajstić information content (AvgIpc) is 2.56. The number of nitrogens with two attached hydrogens (primary N) is 1. The Morgan fingerprint density at radius 2 is 2.00 bits per heavy atom. The molecule has 5 N–H and O–H groups in total. The number of pyridine rings is 1. The molecule has 23 heavy (non-hydrogen) atoms. The molecule has 1 atom stereocenters. The summed E-state index contributed by atoms with van der Waals surface area (Å²) in [5.74, 6) is 0.437. The van der Waals surface area contributed by atoms with Crippen LogP contribution in [0.3, 0.4) is 0 Å². The Hall–Kier alpha value is -2.94. The maximum absolute atomic E-state index is 12.0. The molecule has 0 aliphatic rings. The third kappa shape index (κ3) is 4.51. The maximum Gasteiger partial charge on any atom is 0.269 e. The number of carbonyl (C=O) groups excluding carboxylic acids is 1. The van der Waals surface area contributed by atoms with Crippen LogP contribution in [-0.2, 0) is 4.74 Å². The molecule has 0 aliphatic carbocycles. The van der Waals surface area contributed by atoms with Gasteiger partial charge in [-0.2, -0.15) is 0 Å². The van der Waals surface area contributed by atoms with Gasteiger partial charge in [0.15, 0.2) is 11.6 Å². The molecule has 2 rings (SSSR count). The van der Waals surface area contributed by atoms with Gasteiger partial charge in [-0.05, 0) is 19.1 Å². The molecule has 0 saturated heterocycles. The number of nitrogens with zero attached hydrogens (tertiary/aromatic N) is 3. The summed E-state index contributed by atoms with van der Waals surface area (Å²) < 4.78 is 5.05. The van der Waals surface area contributed by atoms with Crippen molar-refractivity contribution in [1.29, 1.82) is 0 Å². The van der Waals surface area contributed by atoms with Gasteiger partial charge in [-0.25, -0.2) is 9.97 Å². The van der Waals surface area contributed by atoms with Gasteiger partial charge in [0.1, 0.15) is 12.0 Å². The number of carbonyl (C=O) groups is 1. The molecule has 0 aliphatic heterocycles. The summed E-state index contributed by atoms with van der Waals surface area (Å²) >= 11 is 0. The van der Waals surface area contributed by atoms with Crippen LogP contribution < -0.4 is 21.9 Å². The molecule has 0 fully saturated rings. The zero-order chi connectivity index (χ0) is 16.7. The molecular formula is C14H19N7O2. The first-order chi connectivity index (χ1) is 11.1. The number of amides is 1. The van der Waals surface area contributed by atoms with E-state index in [9.17, 15) is 4.79 Å². The van der Waals surface area contributed by atoms with E-state index in [1.54, 1.807) is 19.2 Å². The van der Waals surface area contributed by atoms with Crippen LogP contribution in [0.1, 0.15) is 17.3 Å². The fourth-order valence-electron chi connectivity index (χ4n) is 1.83. The molecule has 0 aromatic carbocycles. The zero-order valence-electron chi connectivity index (χ0n) is 12.9. The van der Waals surface area contributed by atoms with Gasteiger partial charge in [0.05, 0.1) is 6.61 Å². The highest BCUT2D eigenvalue weighted by Crippen LogP contribution is 2.22. The van der Waals surface area contributed by atoms with E-state index in [1.165, 1.54) is 18.7 Å². The van der Waals surface area contributed by atoms with E-state index in [2.05, 4.69) is 31.1 Å². The molecule has 0 bridgehead atoms. The number of rotatable bonds is 7. The van der Waals surface area contributed by atoms with E-state index in [0.29, 0.717) is 29.5 Å². The Bertz CT molecular complexity index is 651. The van der Waals surface area contributed by atoms with E-state index < -0.39 is 0 Å². The average molecular weight is 317 g/mol. The zero-order valence-corrected chi connectivity index (χ0v) is 12.9. The van der Waals surface area contributed by atoms with Gasteiger partial charge >= 0.3 is 0 Å². The summed E-state index contributed by atoms with van der Waals surface area (Å²) in [7, 11) is 1.61. The van der Waals surface area contributed by atoms with Crippen LogP contribution in [0.25, 0.3) is 0 Å². The number of hydrogen-bond donors (Lipinski definition) is 4. The Morgan fingerprint density at radius 3 is 2.70 bits per heavy atom. The molecule has 9 nitrogen and oxygen atoms in total. The second-order valence-electron chi connectivity index (χ2n) is 4.80. The lowest BCUT2D eigenvalue weighted by Crippen LogP contribution is -2.30. The van der Waals surface area contributed by atoms with E-state index >= 15 is 0 Å². The Labute approximate surface area is 133 Å². The van der Waals surface area contributed by atoms with Gasteiger partial charge in [0.2, 0.25) is 0 Å². The van der Waals surface area contributed by atoms with Crippen molar-refractivity contribution in [3.05, 3.63) is 36.4 Å². The first kappa shape index (κ1) is 16.4. The van der Waals surface area contributed by atoms with E-state index in [1.807, 2.05) is 6.92 Å². The summed E-state index contributed by atoms with van der Waals surface area (Å²) in [5.41, 5.74) is 12.0. The SMILES string of the molecule is COCC(C)Nc1ncnc(NNC(=O)c2ccncc2)c1N. The minimum Gasteiger partial charge on any atom is -0.393 e. The quantitative estimate of drug-likeness (QED) is 0.548. The lowest BCUT2D eigenvalue weighted by molar-refractivity contribution is 0.0962. The van der Waals surface area contributed by atoms with E-state index in [-0.39, 0.29) is 11.9 Å². The van der Waals surface area contributed by atoms with Crippen molar-refractivity contribution in [2.75, 3.05) is 30.2 Å². The number of nitrogens with one attached hydrogen (secondary N) is 3. The van der Waals surface area contributed by atoms with Crippen molar-refractivity contribution in [2.45, 2.75) is 13.0 Å². The van der Waals surface area contributed by atoms with Crippen LogP contribution in [0, 0.1) is 0 Å². The monoisotopic (exact) mass is 317 g/mol. The number of nitrogen functional groups attached to an aromatic ring is 1. The lowest BCUT2D eigenvalue weighted by Gasteiger charge is -2.16. The second-order valence-corrected chi connectivity index (χ2v) is 4.80. The predicted molar refractivity (Wildman–Crippen MR) is 86.7 cm³/mol. The summed E-state index contributed by atoms with van der Waals surface area (Å²) in [6.45, 7) is 2.44. The molecule has 1 unspecified atom stereocenters. The van der Waals surface area contributed by atoms with Crippen LogP contribution >= 0.6 is 0 Å². The fraction of sp³-hybridized carbons (Fsp3) is 0.286. The van der Waals surface area contributed by atoms with Crippen LogP contribution in [0.2, 0.25) is 0 Å². The molecule has 122 valence electrons. The normalized spacial score (nSPS) is 11.6. The van der Waals surface area contributed by atoms with Crippen molar-refractivity contribution >= 4 is 23.2 Å². The van der Waals surface area contributed by atoms with Gasteiger partial charge in [-0.15, -0.1) is 0 Å². The Balaban J connectivity index is 2.02. The number of hydrogen-bond acceptors (Lipinski definition) is 8. The molecule has 0 spiro atoms. The second kappa shape index (κ2) is 7.90. The van der Waals surface area contributed by atoms with Gasteiger partial charge in [-0.1, -0.05) is 0 Å². The highest BCUT2D eigenvalue weighted by atomic mass is 16.5. The number of ether oxygens (including phenoxy) is 1. The van der Waals surface area contributed by atoms with Crippen LogP contribution in [0.15, 0.2) is 30.9 Å². The van der Waals surface area contributed by atoms with Crippen LogP contribution in [0.4, 0.5) is 17.3 Å². The number of methoxy groups -OCH3 is 1. The molecule has 0 radical (unpaired) electrons. The molecule has 2 aromatic heterocycles. The highest BCUT2D eigenvalue weighted by molar-refractivity contribution is 5.95. The Morgan fingerprint density at radius 1 is 1.30 bits per heavy atom. The van der Waals surface area contributed by atoms with E-state index in [0.717, 1.165) is 0 Å². The molecule has 1 amide bonds. The lowest BCUT2D eigenvalue weighted by atomic mass is 10.3. The van der Waals surface area contributed by atoms with Crippen molar-refractivity contribution in [1.82, 2.24) is 20.4 Å². The first-order valence-corrected chi connectivity index (χ1v) is 6.94. The summed E-state index contributed by atoms with van der Waals surface area (Å²) in [6, 6.07) is 3.22. The van der Waals surface area contributed by atoms with E-state index in [4.69, 9.17) is 10.5 Å². The van der Waals surface area contributed by atoms with Gasteiger partial charge in [0.25, 0.3) is 5.91 Å². The smallest absolute Gasteiger partial charge is 0.269 e. The topological polar surface area (TPSA) is 127 Å². The number of hydrazine groups is 1. The number of aromatic nitrogens is 3. The molecule has 9 heteroatoms. The van der Waals surface area contributed by atoms with Gasteiger partial charge in [0, 0.05) is 31.1 Å². The minimum atomic E-state index is -0.326. The largest absolute Gasteiger partial charge is 0.393 e. The van der Waals surface area contributed by atoms with Crippen molar-refractivity contribution in [3.8, 4) is 0 Å². The van der Waals surface area contributed by atoms with Gasteiger partial charge in [-0.3, -0.25) is 20.6 Å². The highest BCUT2D eigenvalue weighted by Gasteiger charge is 2.11. The minimum absolute atomic E-state index is 0.0245. The number of anilines is 3. The third-order valence-corrected chi connectivity index (χ3v) is 2.92. The first-order valence-electron chi connectivity index (χ1n) is 6.94. The van der Waals surface area contributed by atoms with Gasteiger partial charge < -0.3 is 15.8 Å². The van der Waals surface area contributed by atoms with Crippen molar-refractivity contribution < 1.29 is 9.53 Å². The fourth-order valence-corrected chi connectivity index (χ4v) is 1.83.